The third-order valence-corrected chi connectivity index (χ3v) is 2.83. The molecule has 0 aromatic heterocycles. The molecule has 1 heterocycles. The first kappa shape index (κ1) is 8.31. The Bertz CT molecular complexity index is 166. The second-order valence-corrected chi connectivity index (χ2v) is 4.19. The van der Waals surface area contributed by atoms with Gasteiger partial charge in [-0.05, 0) is 31.1 Å². The van der Waals surface area contributed by atoms with Crippen LogP contribution in [0.3, 0.4) is 0 Å². The lowest BCUT2D eigenvalue weighted by molar-refractivity contribution is 0.455. The Balaban J connectivity index is 1.71. The van der Waals surface area contributed by atoms with E-state index in [1.807, 2.05) is 0 Å². The van der Waals surface area contributed by atoms with Gasteiger partial charge in [-0.1, -0.05) is 19.1 Å². The van der Waals surface area contributed by atoms with E-state index in [1.165, 1.54) is 38.9 Å². The Morgan fingerprint density at radius 3 is 2.67 bits per heavy atom. The van der Waals surface area contributed by atoms with E-state index in [-0.39, 0.29) is 0 Å². The van der Waals surface area contributed by atoms with E-state index in [4.69, 9.17) is 0 Å². The van der Waals surface area contributed by atoms with Crippen molar-refractivity contribution in [3.63, 3.8) is 0 Å². The number of hydrogen-bond acceptors (Lipinski definition) is 1. The summed E-state index contributed by atoms with van der Waals surface area (Å²) >= 11 is 0. The van der Waals surface area contributed by atoms with E-state index in [9.17, 15) is 0 Å². The average Bonchev–Trinajstić information content (AvgIpc) is 2.92. The molecular formula is C11H19N. The van der Waals surface area contributed by atoms with Crippen molar-refractivity contribution in [3.05, 3.63) is 12.2 Å². The predicted molar refractivity (Wildman–Crippen MR) is 52.1 cm³/mol. The molecule has 1 heteroatoms. The molecule has 1 saturated heterocycles. The third kappa shape index (κ3) is 2.63. The lowest BCUT2D eigenvalue weighted by Gasteiger charge is -2.09. The molecule has 1 nitrogen and oxygen atoms in total. The molecular weight excluding hydrogens is 146 g/mol. The molecule has 0 amide bonds. The van der Waals surface area contributed by atoms with Gasteiger partial charge in [0.15, 0.2) is 0 Å². The summed E-state index contributed by atoms with van der Waals surface area (Å²) in [5.41, 5.74) is 0. The maximum absolute atomic E-state index is 2.52. The van der Waals surface area contributed by atoms with Gasteiger partial charge in [-0.25, -0.2) is 0 Å². The van der Waals surface area contributed by atoms with Crippen LogP contribution in [0.2, 0.25) is 0 Å². The highest BCUT2D eigenvalue weighted by molar-refractivity contribution is 4.99. The molecule has 0 radical (unpaired) electrons. The monoisotopic (exact) mass is 165 g/mol. The Morgan fingerprint density at radius 2 is 2.17 bits per heavy atom. The fourth-order valence-corrected chi connectivity index (χ4v) is 1.51. The second-order valence-electron chi connectivity index (χ2n) is 4.19. The van der Waals surface area contributed by atoms with Crippen LogP contribution in [0.25, 0.3) is 0 Å². The standard InChI is InChI=1S/C11H19N/c1-2-10(9-12-7-8-12)3-4-11-5-6-11/h3-4,10-11H,2,5-9H2,1H3/b4-3-/t10-/m0/s1. The summed E-state index contributed by atoms with van der Waals surface area (Å²) in [6.45, 7) is 6.28. The molecule has 0 aromatic carbocycles. The van der Waals surface area contributed by atoms with Crippen LogP contribution in [-0.4, -0.2) is 24.5 Å². The van der Waals surface area contributed by atoms with Crippen molar-refractivity contribution in [1.29, 1.82) is 0 Å². The minimum Gasteiger partial charge on any atom is -0.300 e. The van der Waals surface area contributed by atoms with Crippen LogP contribution in [0.15, 0.2) is 12.2 Å². The van der Waals surface area contributed by atoms with Crippen molar-refractivity contribution in [2.75, 3.05) is 19.6 Å². The molecule has 0 bridgehead atoms. The average molecular weight is 165 g/mol. The van der Waals surface area contributed by atoms with E-state index in [2.05, 4.69) is 24.0 Å². The van der Waals surface area contributed by atoms with Gasteiger partial charge in [0.1, 0.15) is 0 Å². The highest BCUT2D eigenvalue weighted by Gasteiger charge is 2.21. The molecule has 12 heavy (non-hydrogen) atoms. The van der Waals surface area contributed by atoms with Gasteiger partial charge in [-0.2, -0.15) is 0 Å². The zero-order chi connectivity index (χ0) is 8.39. The van der Waals surface area contributed by atoms with Gasteiger partial charge in [0.25, 0.3) is 0 Å². The molecule has 1 aliphatic heterocycles. The van der Waals surface area contributed by atoms with Crippen molar-refractivity contribution in [1.82, 2.24) is 4.90 Å². The molecule has 2 aliphatic rings. The van der Waals surface area contributed by atoms with Gasteiger partial charge in [-0.15, -0.1) is 0 Å². The molecule has 1 saturated carbocycles. The SMILES string of the molecule is CC[C@@H](/C=C\C1CC1)CN1CC1. The zero-order valence-corrected chi connectivity index (χ0v) is 8.00. The first-order valence-electron chi connectivity index (χ1n) is 5.29. The summed E-state index contributed by atoms with van der Waals surface area (Å²) in [6, 6.07) is 0. The van der Waals surface area contributed by atoms with Gasteiger partial charge in [0.2, 0.25) is 0 Å². The van der Waals surface area contributed by atoms with E-state index < -0.39 is 0 Å². The van der Waals surface area contributed by atoms with Crippen LogP contribution < -0.4 is 0 Å². The fraction of sp³-hybridized carbons (Fsp3) is 0.818. The molecule has 68 valence electrons. The smallest absolute Gasteiger partial charge is 0.0110 e. The van der Waals surface area contributed by atoms with Gasteiger partial charge >= 0.3 is 0 Å². The van der Waals surface area contributed by atoms with Crippen LogP contribution in [0, 0.1) is 11.8 Å². The highest BCUT2D eigenvalue weighted by atomic mass is 15.3. The van der Waals surface area contributed by atoms with E-state index >= 15 is 0 Å². The second kappa shape index (κ2) is 3.61. The topological polar surface area (TPSA) is 3.01 Å². The first-order valence-corrected chi connectivity index (χ1v) is 5.29. The Hall–Kier alpha value is -0.300. The normalized spacial score (nSPS) is 26.4. The van der Waals surface area contributed by atoms with Gasteiger partial charge in [0, 0.05) is 19.6 Å². The van der Waals surface area contributed by atoms with Gasteiger partial charge in [0.05, 0.1) is 0 Å². The summed E-state index contributed by atoms with van der Waals surface area (Å²) in [5, 5.41) is 0. The first-order chi connectivity index (χ1) is 5.88. The van der Waals surface area contributed by atoms with E-state index in [0.29, 0.717) is 0 Å². The van der Waals surface area contributed by atoms with Crippen molar-refractivity contribution in [2.24, 2.45) is 11.8 Å². The number of nitrogens with zero attached hydrogens (tertiary/aromatic N) is 1. The van der Waals surface area contributed by atoms with Gasteiger partial charge in [-0.3, -0.25) is 0 Å². The Morgan fingerprint density at radius 1 is 1.42 bits per heavy atom. The van der Waals surface area contributed by atoms with E-state index in [1.54, 1.807) is 0 Å². The van der Waals surface area contributed by atoms with Crippen LogP contribution in [0.5, 0.6) is 0 Å². The largest absolute Gasteiger partial charge is 0.300 e. The van der Waals surface area contributed by atoms with Crippen molar-refractivity contribution < 1.29 is 0 Å². The molecule has 0 unspecified atom stereocenters. The number of hydrogen-bond donors (Lipinski definition) is 0. The molecule has 0 N–H and O–H groups in total. The lowest BCUT2D eigenvalue weighted by Crippen LogP contribution is -2.10. The Kier molecular flexibility index (Phi) is 2.50. The Labute approximate surface area is 75.4 Å². The van der Waals surface area contributed by atoms with Crippen LogP contribution in [0.1, 0.15) is 26.2 Å². The summed E-state index contributed by atoms with van der Waals surface area (Å²) in [5.74, 6) is 1.78. The minimum atomic E-state index is 0.827. The summed E-state index contributed by atoms with van der Waals surface area (Å²) < 4.78 is 0. The summed E-state index contributed by atoms with van der Waals surface area (Å²) in [6.07, 6.45) is 9.08. The van der Waals surface area contributed by atoms with Crippen molar-refractivity contribution in [2.45, 2.75) is 26.2 Å². The minimum absolute atomic E-state index is 0.827. The van der Waals surface area contributed by atoms with Crippen LogP contribution in [0.4, 0.5) is 0 Å². The van der Waals surface area contributed by atoms with Crippen molar-refractivity contribution >= 4 is 0 Å². The maximum Gasteiger partial charge on any atom is 0.0110 e. The third-order valence-electron chi connectivity index (χ3n) is 2.83. The molecule has 1 atom stereocenters. The molecule has 2 rings (SSSR count). The highest BCUT2D eigenvalue weighted by Crippen LogP contribution is 2.30. The molecule has 2 fully saturated rings. The molecule has 1 aliphatic carbocycles. The fourth-order valence-electron chi connectivity index (χ4n) is 1.51. The number of allylic oxidation sites excluding steroid dienone is 1. The predicted octanol–water partition coefficient (Wildman–Crippen LogP) is 2.29. The van der Waals surface area contributed by atoms with Gasteiger partial charge < -0.3 is 4.90 Å². The molecule has 0 aromatic rings. The lowest BCUT2D eigenvalue weighted by atomic mass is 10.1. The summed E-state index contributed by atoms with van der Waals surface area (Å²) in [7, 11) is 0. The summed E-state index contributed by atoms with van der Waals surface area (Å²) in [4.78, 5) is 2.52. The molecule has 0 spiro atoms. The zero-order valence-electron chi connectivity index (χ0n) is 8.00. The van der Waals surface area contributed by atoms with E-state index in [0.717, 1.165) is 11.8 Å². The number of rotatable bonds is 5. The van der Waals surface area contributed by atoms with Crippen molar-refractivity contribution in [3.8, 4) is 0 Å². The van der Waals surface area contributed by atoms with Crippen LogP contribution in [-0.2, 0) is 0 Å². The quantitative estimate of drug-likeness (QED) is 0.446. The maximum atomic E-state index is 2.52. The van der Waals surface area contributed by atoms with Crippen LogP contribution >= 0.6 is 0 Å².